The van der Waals surface area contributed by atoms with Gasteiger partial charge in [0.25, 0.3) is 0 Å². The van der Waals surface area contributed by atoms with Gasteiger partial charge >= 0.3 is 10.4 Å². The molecule has 1 aromatic heterocycles. The molecule has 0 spiro atoms. The van der Waals surface area contributed by atoms with Crippen LogP contribution < -0.4 is 4.90 Å². The third-order valence-corrected chi connectivity index (χ3v) is 4.68. The molecule has 1 saturated heterocycles. The Hall–Kier alpha value is -1.28. The van der Waals surface area contributed by atoms with Crippen molar-refractivity contribution in [1.82, 2.24) is 14.3 Å². The van der Waals surface area contributed by atoms with Crippen molar-refractivity contribution < 1.29 is 12.3 Å². The molecule has 1 aromatic rings. The van der Waals surface area contributed by atoms with Gasteiger partial charge in [-0.15, -0.1) is 0 Å². The van der Waals surface area contributed by atoms with Crippen LogP contribution in [0.5, 0.6) is 0 Å². The zero-order valence-corrected chi connectivity index (χ0v) is 11.2. The molecule has 1 aliphatic heterocycles. The molecule has 104 valence electrons. The molecular formula is C11H15FN4O2S. The minimum Gasteiger partial charge on any atom is -0.354 e. The first kappa shape index (κ1) is 12.7. The van der Waals surface area contributed by atoms with Crippen LogP contribution in [0.15, 0.2) is 6.33 Å². The SMILES string of the molecule is O=S(=O)(F)N1CCN(c2ncnc3c2CCC3)CC1. The summed E-state index contributed by atoms with van der Waals surface area (Å²) >= 11 is 0. The van der Waals surface area contributed by atoms with Crippen LogP contribution in [-0.2, 0) is 23.3 Å². The van der Waals surface area contributed by atoms with E-state index in [-0.39, 0.29) is 13.1 Å². The molecular weight excluding hydrogens is 271 g/mol. The minimum atomic E-state index is -4.57. The molecule has 8 heteroatoms. The van der Waals surface area contributed by atoms with Gasteiger partial charge in [0.15, 0.2) is 0 Å². The normalized spacial score (nSPS) is 20.6. The average Bonchev–Trinajstić information content (AvgIpc) is 2.86. The van der Waals surface area contributed by atoms with Gasteiger partial charge in [0, 0.05) is 37.4 Å². The second-order valence-electron chi connectivity index (χ2n) is 4.80. The van der Waals surface area contributed by atoms with Gasteiger partial charge in [0.1, 0.15) is 12.1 Å². The lowest BCUT2D eigenvalue weighted by Crippen LogP contribution is -2.48. The van der Waals surface area contributed by atoms with Gasteiger partial charge in [-0.1, -0.05) is 3.89 Å². The number of halogens is 1. The summed E-state index contributed by atoms with van der Waals surface area (Å²) in [6.45, 7) is 1.26. The molecule has 6 nitrogen and oxygen atoms in total. The molecule has 3 rings (SSSR count). The number of piperazine rings is 1. The van der Waals surface area contributed by atoms with Crippen LogP contribution in [-0.4, -0.2) is 48.9 Å². The van der Waals surface area contributed by atoms with Crippen LogP contribution in [0.2, 0.25) is 0 Å². The van der Waals surface area contributed by atoms with E-state index >= 15 is 0 Å². The fraction of sp³-hybridized carbons (Fsp3) is 0.636. The number of rotatable bonds is 2. The first-order valence-electron chi connectivity index (χ1n) is 6.33. The Kier molecular flexibility index (Phi) is 3.14. The Morgan fingerprint density at radius 3 is 2.53 bits per heavy atom. The Bertz CT molecular complexity index is 584. The van der Waals surface area contributed by atoms with Gasteiger partial charge in [-0.25, -0.2) is 9.97 Å². The molecule has 2 aliphatic rings. The van der Waals surface area contributed by atoms with E-state index in [4.69, 9.17) is 0 Å². The Morgan fingerprint density at radius 1 is 1.11 bits per heavy atom. The van der Waals surface area contributed by atoms with Gasteiger partial charge < -0.3 is 4.90 Å². The van der Waals surface area contributed by atoms with Crippen molar-refractivity contribution in [2.45, 2.75) is 19.3 Å². The van der Waals surface area contributed by atoms with Gasteiger partial charge in [0.2, 0.25) is 0 Å². The zero-order valence-electron chi connectivity index (χ0n) is 10.4. The molecule has 0 radical (unpaired) electrons. The predicted molar refractivity (Wildman–Crippen MR) is 67.9 cm³/mol. The zero-order chi connectivity index (χ0) is 13.5. The highest BCUT2D eigenvalue weighted by Gasteiger charge is 2.29. The summed E-state index contributed by atoms with van der Waals surface area (Å²) in [5, 5.41) is 0. The molecule has 0 N–H and O–H groups in total. The summed E-state index contributed by atoms with van der Waals surface area (Å²) in [6.07, 6.45) is 4.58. The summed E-state index contributed by atoms with van der Waals surface area (Å²) in [7, 11) is -4.57. The largest absolute Gasteiger partial charge is 0.374 e. The molecule has 2 heterocycles. The van der Waals surface area contributed by atoms with Crippen molar-refractivity contribution in [3.8, 4) is 0 Å². The minimum absolute atomic E-state index is 0.164. The fourth-order valence-electron chi connectivity index (χ4n) is 2.73. The maximum absolute atomic E-state index is 12.9. The van der Waals surface area contributed by atoms with Crippen molar-refractivity contribution in [3.05, 3.63) is 17.6 Å². The lowest BCUT2D eigenvalue weighted by Gasteiger charge is -2.33. The van der Waals surface area contributed by atoms with E-state index in [2.05, 4.69) is 9.97 Å². The molecule has 0 amide bonds. The third-order valence-electron chi connectivity index (χ3n) is 3.70. The lowest BCUT2D eigenvalue weighted by atomic mass is 10.2. The molecule has 0 aromatic carbocycles. The molecule has 1 fully saturated rings. The highest BCUT2D eigenvalue weighted by atomic mass is 32.3. The van der Waals surface area contributed by atoms with E-state index < -0.39 is 10.4 Å². The molecule has 0 unspecified atom stereocenters. The standard InChI is InChI=1S/C11H15FN4O2S/c12-19(17,18)16-6-4-15(5-7-16)11-9-2-1-3-10(9)13-8-14-11/h8H,1-7H2. The second-order valence-corrected chi connectivity index (χ2v) is 6.14. The van der Waals surface area contributed by atoms with E-state index in [1.54, 1.807) is 6.33 Å². The van der Waals surface area contributed by atoms with Gasteiger partial charge in [0.05, 0.1) is 0 Å². The summed E-state index contributed by atoms with van der Waals surface area (Å²) in [6, 6.07) is 0. The Morgan fingerprint density at radius 2 is 1.84 bits per heavy atom. The van der Waals surface area contributed by atoms with E-state index in [1.807, 2.05) is 4.90 Å². The summed E-state index contributed by atoms with van der Waals surface area (Å²) < 4.78 is 35.4. The Labute approximate surface area is 111 Å². The molecule has 0 saturated carbocycles. The van der Waals surface area contributed by atoms with E-state index in [0.29, 0.717) is 13.1 Å². The average molecular weight is 286 g/mol. The second kappa shape index (κ2) is 4.68. The molecule has 0 bridgehead atoms. The van der Waals surface area contributed by atoms with Crippen LogP contribution >= 0.6 is 0 Å². The predicted octanol–water partition coefficient (Wildman–Crippen LogP) is 0.302. The monoisotopic (exact) mass is 286 g/mol. The van der Waals surface area contributed by atoms with Crippen molar-refractivity contribution in [2.24, 2.45) is 0 Å². The number of hydrogen-bond donors (Lipinski definition) is 0. The highest BCUT2D eigenvalue weighted by Crippen LogP contribution is 2.28. The maximum atomic E-state index is 12.9. The van der Waals surface area contributed by atoms with Crippen LogP contribution in [0.3, 0.4) is 0 Å². The maximum Gasteiger partial charge on any atom is 0.374 e. The van der Waals surface area contributed by atoms with E-state index in [0.717, 1.165) is 35.1 Å². The quantitative estimate of drug-likeness (QED) is 0.732. The van der Waals surface area contributed by atoms with Gasteiger partial charge in [-0.3, -0.25) is 0 Å². The molecule has 1 aliphatic carbocycles. The summed E-state index contributed by atoms with van der Waals surface area (Å²) in [4.78, 5) is 10.6. The highest BCUT2D eigenvalue weighted by molar-refractivity contribution is 7.83. The molecule has 19 heavy (non-hydrogen) atoms. The van der Waals surface area contributed by atoms with Crippen molar-refractivity contribution in [3.63, 3.8) is 0 Å². The van der Waals surface area contributed by atoms with Gasteiger partial charge in [-0.2, -0.15) is 12.7 Å². The Balaban J connectivity index is 1.78. The molecule has 0 atom stereocenters. The first-order chi connectivity index (χ1) is 9.05. The summed E-state index contributed by atoms with van der Waals surface area (Å²) in [5.74, 6) is 0.887. The van der Waals surface area contributed by atoms with E-state index in [1.165, 1.54) is 5.56 Å². The van der Waals surface area contributed by atoms with Crippen molar-refractivity contribution in [2.75, 3.05) is 31.1 Å². The number of anilines is 1. The van der Waals surface area contributed by atoms with Gasteiger partial charge in [-0.05, 0) is 19.3 Å². The fourth-order valence-corrected chi connectivity index (χ4v) is 3.33. The van der Waals surface area contributed by atoms with Crippen LogP contribution in [0, 0.1) is 0 Å². The van der Waals surface area contributed by atoms with E-state index in [9.17, 15) is 12.3 Å². The number of hydrogen-bond acceptors (Lipinski definition) is 5. The topological polar surface area (TPSA) is 66.4 Å². The smallest absolute Gasteiger partial charge is 0.354 e. The van der Waals surface area contributed by atoms with Crippen molar-refractivity contribution >= 4 is 16.2 Å². The number of nitrogens with zero attached hydrogens (tertiary/aromatic N) is 4. The number of fused-ring (bicyclic) bond motifs is 1. The summed E-state index contributed by atoms with van der Waals surface area (Å²) in [5.41, 5.74) is 2.25. The van der Waals surface area contributed by atoms with Crippen LogP contribution in [0.4, 0.5) is 9.70 Å². The van der Waals surface area contributed by atoms with Crippen molar-refractivity contribution in [1.29, 1.82) is 0 Å². The lowest BCUT2D eigenvalue weighted by molar-refractivity contribution is 0.361. The number of aromatic nitrogens is 2. The van der Waals surface area contributed by atoms with Crippen LogP contribution in [0.1, 0.15) is 17.7 Å². The first-order valence-corrected chi connectivity index (χ1v) is 7.67. The van der Waals surface area contributed by atoms with Crippen LogP contribution in [0.25, 0.3) is 0 Å². The third kappa shape index (κ3) is 2.42. The number of aryl methyl sites for hydroxylation is 1.